The Kier molecular flexibility index (Phi) is 4.02. The standard InChI is InChI=1S/C16H25NO/c1-11-8-9-12(15(2,3)4)10-13(11)14(18)16(5,6)17-7/h8-10,17H,1-7H3. The van der Waals surface area contributed by atoms with Crippen molar-refractivity contribution in [1.29, 1.82) is 0 Å². The number of carbonyl (C=O) groups excluding carboxylic acids is 1. The van der Waals surface area contributed by atoms with Gasteiger partial charge in [0.1, 0.15) is 0 Å². The Morgan fingerprint density at radius 1 is 1.11 bits per heavy atom. The van der Waals surface area contributed by atoms with Gasteiger partial charge in [-0.05, 0) is 50.4 Å². The van der Waals surface area contributed by atoms with Gasteiger partial charge in [0.25, 0.3) is 0 Å². The number of aryl methyl sites for hydroxylation is 1. The lowest BCUT2D eigenvalue weighted by molar-refractivity contribution is 0.0889. The first-order valence-corrected chi connectivity index (χ1v) is 6.44. The van der Waals surface area contributed by atoms with Gasteiger partial charge in [-0.15, -0.1) is 0 Å². The summed E-state index contributed by atoms with van der Waals surface area (Å²) in [5.41, 5.74) is 2.59. The van der Waals surface area contributed by atoms with Gasteiger partial charge in [-0.1, -0.05) is 32.9 Å². The van der Waals surface area contributed by atoms with Gasteiger partial charge in [0.2, 0.25) is 0 Å². The fraction of sp³-hybridized carbons (Fsp3) is 0.562. The van der Waals surface area contributed by atoms with Crippen LogP contribution < -0.4 is 5.32 Å². The molecular weight excluding hydrogens is 222 g/mol. The maximum absolute atomic E-state index is 12.5. The monoisotopic (exact) mass is 247 g/mol. The molecule has 0 fully saturated rings. The number of likely N-dealkylation sites (N-methyl/N-ethyl adjacent to an activating group) is 1. The highest BCUT2D eigenvalue weighted by Crippen LogP contribution is 2.26. The minimum absolute atomic E-state index is 0.0620. The Morgan fingerprint density at radius 2 is 1.67 bits per heavy atom. The second kappa shape index (κ2) is 4.85. The van der Waals surface area contributed by atoms with Crippen molar-refractivity contribution in [2.45, 2.75) is 52.5 Å². The van der Waals surface area contributed by atoms with E-state index in [0.29, 0.717) is 0 Å². The van der Waals surface area contributed by atoms with Crippen LogP contribution in [0.3, 0.4) is 0 Å². The summed E-state index contributed by atoms with van der Waals surface area (Å²) in [5.74, 6) is 0.147. The van der Waals surface area contributed by atoms with Crippen LogP contribution in [0.2, 0.25) is 0 Å². The number of hydrogen-bond acceptors (Lipinski definition) is 2. The Morgan fingerprint density at radius 3 is 2.11 bits per heavy atom. The molecule has 0 bridgehead atoms. The normalized spacial score (nSPS) is 12.6. The van der Waals surface area contributed by atoms with Crippen LogP contribution in [0.4, 0.5) is 0 Å². The molecule has 0 heterocycles. The van der Waals surface area contributed by atoms with Crippen molar-refractivity contribution in [3.63, 3.8) is 0 Å². The third-order valence-corrected chi connectivity index (χ3v) is 3.54. The molecule has 0 aliphatic heterocycles. The van der Waals surface area contributed by atoms with Gasteiger partial charge in [0, 0.05) is 5.56 Å². The second-order valence-electron chi connectivity index (χ2n) is 6.48. The van der Waals surface area contributed by atoms with Crippen LogP contribution in [0.5, 0.6) is 0 Å². The first-order chi connectivity index (χ1) is 8.09. The minimum atomic E-state index is -0.527. The lowest BCUT2D eigenvalue weighted by Gasteiger charge is -2.25. The molecule has 0 aliphatic carbocycles. The highest BCUT2D eigenvalue weighted by molar-refractivity contribution is 6.03. The smallest absolute Gasteiger partial charge is 0.182 e. The van der Waals surface area contributed by atoms with Gasteiger partial charge >= 0.3 is 0 Å². The lowest BCUT2D eigenvalue weighted by Crippen LogP contribution is -2.44. The maximum atomic E-state index is 12.5. The summed E-state index contributed by atoms with van der Waals surface area (Å²) in [7, 11) is 1.82. The predicted octanol–water partition coefficient (Wildman–Crippen LogP) is 3.47. The van der Waals surface area contributed by atoms with Crippen LogP contribution in [-0.2, 0) is 5.41 Å². The molecule has 0 aromatic heterocycles. The zero-order valence-electron chi connectivity index (χ0n) is 12.6. The summed E-state index contributed by atoms with van der Waals surface area (Å²) >= 11 is 0. The summed E-state index contributed by atoms with van der Waals surface area (Å²) in [4.78, 5) is 12.5. The Hall–Kier alpha value is -1.15. The number of Topliss-reactive ketones (excluding diaryl/α,β-unsaturated/α-hetero) is 1. The molecule has 1 N–H and O–H groups in total. The summed E-state index contributed by atoms with van der Waals surface area (Å²) in [5, 5.41) is 3.08. The molecule has 2 heteroatoms. The summed E-state index contributed by atoms with van der Waals surface area (Å²) in [6.07, 6.45) is 0. The van der Waals surface area contributed by atoms with Crippen LogP contribution in [-0.4, -0.2) is 18.4 Å². The van der Waals surface area contributed by atoms with Crippen LogP contribution in [0.25, 0.3) is 0 Å². The summed E-state index contributed by atoms with van der Waals surface area (Å²) < 4.78 is 0. The molecule has 18 heavy (non-hydrogen) atoms. The lowest BCUT2D eigenvalue weighted by atomic mass is 9.82. The van der Waals surface area contributed by atoms with E-state index in [1.165, 1.54) is 5.56 Å². The number of nitrogens with one attached hydrogen (secondary N) is 1. The Bertz CT molecular complexity index is 453. The minimum Gasteiger partial charge on any atom is -0.308 e. The molecule has 100 valence electrons. The third-order valence-electron chi connectivity index (χ3n) is 3.54. The first-order valence-electron chi connectivity index (χ1n) is 6.44. The topological polar surface area (TPSA) is 29.1 Å². The van der Waals surface area contributed by atoms with Crippen molar-refractivity contribution in [3.8, 4) is 0 Å². The van der Waals surface area contributed by atoms with Crippen molar-refractivity contribution >= 4 is 5.78 Å². The van der Waals surface area contributed by atoms with Gasteiger partial charge in [0.05, 0.1) is 5.54 Å². The van der Waals surface area contributed by atoms with Crippen molar-refractivity contribution < 1.29 is 4.79 Å². The van der Waals surface area contributed by atoms with E-state index in [1.54, 1.807) is 0 Å². The number of benzene rings is 1. The van der Waals surface area contributed by atoms with Crippen molar-refractivity contribution in [3.05, 3.63) is 34.9 Å². The molecule has 0 radical (unpaired) electrons. The molecule has 0 saturated heterocycles. The highest BCUT2D eigenvalue weighted by atomic mass is 16.1. The Balaban J connectivity index is 3.29. The maximum Gasteiger partial charge on any atom is 0.182 e. The zero-order chi connectivity index (χ0) is 14.1. The molecule has 0 atom stereocenters. The molecule has 0 aliphatic rings. The largest absolute Gasteiger partial charge is 0.308 e. The zero-order valence-corrected chi connectivity index (χ0v) is 12.6. The number of carbonyl (C=O) groups is 1. The van der Waals surface area contributed by atoms with Gasteiger partial charge in [-0.25, -0.2) is 0 Å². The van der Waals surface area contributed by atoms with Crippen LogP contribution >= 0.6 is 0 Å². The van der Waals surface area contributed by atoms with E-state index in [9.17, 15) is 4.79 Å². The highest BCUT2D eigenvalue weighted by Gasteiger charge is 2.28. The number of hydrogen-bond donors (Lipinski definition) is 1. The van der Waals surface area contributed by atoms with E-state index in [2.05, 4.69) is 32.2 Å². The van der Waals surface area contributed by atoms with E-state index in [0.717, 1.165) is 11.1 Å². The third kappa shape index (κ3) is 2.99. The van der Waals surface area contributed by atoms with Crippen LogP contribution in [0.15, 0.2) is 18.2 Å². The molecule has 0 saturated carbocycles. The SMILES string of the molecule is CNC(C)(C)C(=O)c1cc(C(C)(C)C)ccc1C. The van der Waals surface area contributed by atoms with Crippen molar-refractivity contribution in [2.24, 2.45) is 0 Å². The van der Waals surface area contributed by atoms with Gasteiger partial charge in [-0.3, -0.25) is 4.79 Å². The molecule has 2 nitrogen and oxygen atoms in total. The molecule has 0 amide bonds. The van der Waals surface area contributed by atoms with Crippen LogP contribution in [0.1, 0.15) is 56.1 Å². The average molecular weight is 247 g/mol. The summed E-state index contributed by atoms with van der Waals surface area (Å²) in [6, 6.07) is 6.19. The van der Waals surface area contributed by atoms with Crippen molar-refractivity contribution in [2.75, 3.05) is 7.05 Å². The molecule has 1 aromatic rings. The summed E-state index contributed by atoms with van der Waals surface area (Å²) in [6.45, 7) is 12.3. The first kappa shape index (κ1) is 14.9. The van der Waals surface area contributed by atoms with Gasteiger partial charge in [-0.2, -0.15) is 0 Å². The fourth-order valence-corrected chi connectivity index (χ4v) is 1.78. The van der Waals surface area contributed by atoms with Gasteiger partial charge in [0.15, 0.2) is 5.78 Å². The van der Waals surface area contributed by atoms with E-state index in [1.807, 2.05) is 40.0 Å². The Labute approximate surface area is 111 Å². The van der Waals surface area contributed by atoms with Crippen LogP contribution in [0, 0.1) is 6.92 Å². The molecule has 1 aromatic carbocycles. The van der Waals surface area contributed by atoms with Gasteiger partial charge < -0.3 is 5.32 Å². The second-order valence-corrected chi connectivity index (χ2v) is 6.48. The quantitative estimate of drug-likeness (QED) is 0.829. The van der Waals surface area contributed by atoms with E-state index < -0.39 is 5.54 Å². The molecule has 1 rings (SSSR count). The molecule has 0 unspecified atom stereocenters. The predicted molar refractivity (Wildman–Crippen MR) is 77.3 cm³/mol. The fourth-order valence-electron chi connectivity index (χ4n) is 1.78. The number of ketones is 1. The van der Waals surface area contributed by atoms with E-state index >= 15 is 0 Å². The van der Waals surface area contributed by atoms with E-state index in [4.69, 9.17) is 0 Å². The van der Waals surface area contributed by atoms with E-state index in [-0.39, 0.29) is 11.2 Å². The average Bonchev–Trinajstić information content (AvgIpc) is 2.27. The number of rotatable bonds is 3. The molecule has 0 spiro atoms. The van der Waals surface area contributed by atoms with Crippen molar-refractivity contribution in [1.82, 2.24) is 5.32 Å². The molecular formula is C16H25NO.